The van der Waals surface area contributed by atoms with E-state index >= 15 is 0 Å². The molecule has 3 aromatic carbocycles. The topological polar surface area (TPSA) is 59.1 Å². The number of ether oxygens (including phenoxy) is 1. The van der Waals surface area contributed by atoms with E-state index in [9.17, 15) is 8.42 Å². The van der Waals surface area contributed by atoms with E-state index in [-0.39, 0.29) is 6.61 Å². The zero-order valence-corrected chi connectivity index (χ0v) is 24.2. The molecule has 0 radical (unpaired) electrons. The van der Waals surface area contributed by atoms with Gasteiger partial charge in [0.25, 0.3) is 10.1 Å². The highest BCUT2D eigenvalue weighted by Gasteiger charge is 2.38. The molecule has 11 heteroatoms. The Hall–Kier alpha value is -1.97. The summed E-state index contributed by atoms with van der Waals surface area (Å²) in [6.07, 6.45) is 3.47. The Labute approximate surface area is 243 Å². The molecule has 1 aliphatic heterocycles. The SMILES string of the molecule is CS(=O)(=O)OC1N(CCc2ccccc2)C=CN1C(Cl)C(OCc1ccc(Cl)cc1Cl)c1ccc(Cl)cc1. The van der Waals surface area contributed by atoms with Crippen molar-refractivity contribution in [2.45, 2.75) is 31.0 Å². The van der Waals surface area contributed by atoms with Crippen molar-refractivity contribution >= 4 is 56.5 Å². The van der Waals surface area contributed by atoms with Crippen LogP contribution in [0.1, 0.15) is 22.8 Å². The monoisotopic (exact) mass is 614 g/mol. The molecule has 4 rings (SSSR count). The van der Waals surface area contributed by atoms with E-state index in [1.807, 2.05) is 42.5 Å². The molecule has 0 amide bonds. The van der Waals surface area contributed by atoms with Gasteiger partial charge in [-0.25, -0.2) is 4.18 Å². The Balaban J connectivity index is 1.58. The van der Waals surface area contributed by atoms with Crippen molar-refractivity contribution in [3.05, 3.63) is 117 Å². The van der Waals surface area contributed by atoms with Gasteiger partial charge in [-0.05, 0) is 47.4 Å². The third-order valence-electron chi connectivity index (χ3n) is 5.90. The number of nitrogens with zero attached hydrogens (tertiary/aromatic N) is 2. The minimum atomic E-state index is -3.82. The molecule has 0 saturated carbocycles. The van der Waals surface area contributed by atoms with Gasteiger partial charge in [-0.1, -0.05) is 94.9 Å². The van der Waals surface area contributed by atoms with E-state index in [2.05, 4.69) is 0 Å². The Kier molecular flexibility index (Phi) is 9.87. The van der Waals surface area contributed by atoms with Crippen molar-refractivity contribution in [2.75, 3.05) is 12.8 Å². The Morgan fingerprint density at radius 1 is 0.921 bits per heavy atom. The highest BCUT2D eigenvalue weighted by atomic mass is 35.5. The van der Waals surface area contributed by atoms with Crippen molar-refractivity contribution in [3.63, 3.8) is 0 Å². The van der Waals surface area contributed by atoms with E-state index < -0.39 is 28.1 Å². The quantitative estimate of drug-likeness (QED) is 0.131. The van der Waals surface area contributed by atoms with Crippen molar-refractivity contribution in [3.8, 4) is 0 Å². The van der Waals surface area contributed by atoms with Crippen LogP contribution in [0.5, 0.6) is 0 Å². The molecule has 0 saturated heterocycles. The fourth-order valence-electron chi connectivity index (χ4n) is 4.00. The van der Waals surface area contributed by atoms with E-state index in [0.29, 0.717) is 28.0 Å². The van der Waals surface area contributed by atoms with Gasteiger partial charge < -0.3 is 14.5 Å². The number of hydrogen-bond acceptors (Lipinski definition) is 6. The van der Waals surface area contributed by atoms with E-state index in [1.54, 1.807) is 52.5 Å². The van der Waals surface area contributed by atoms with Gasteiger partial charge in [0.1, 0.15) is 11.6 Å². The predicted octanol–water partition coefficient (Wildman–Crippen LogP) is 7.06. The first kappa shape index (κ1) is 29.0. The number of alkyl halides is 1. The fourth-order valence-corrected chi connectivity index (χ4v) is 5.49. The molecule has 0 spiro atoms. The molecule has 3 atom stereocenters. The van der Waals surface area contributed by atoms with E-state index in [1.165, 1.54) is 0 Å². The van der Waals surface area contributed by atoms with Crippen molar-refractivity contribution in [2.24, 2.45) is 0 Å². The molecular weight excluding hydrogens is 590 g/mol. The number of halogens is 4. The molecule has 0 bridgehead atoms. The van der Waals surface area contributed by atoms with Crippen LogP contribution in [0.2, 0.25) is 15.1 Å². The molecule has 38 heavy (non-hydrogen) atoms. The maximum Gasteiger partial charge on any atom is 0.267 e. The second kappa shape index (κ2) is 12.9. The first-order chi connectivity index (χ1) is 18.1. The molecule has 0 fully saturated rings. The standard InChI is InChI=1S/C27H26Cl4N2O4S/c1-38(34,35)37-27-32(14-13-19-5-3-2-4-6-19)15-16-33(27)26(31)25(20-7-10-22(28)11-8-20)36-18-21-9-12-23(29)17-24(21)30/h2-12,15-17,25-27H,13-14,18H2,1H3. The maximum absolute atomic E-state index is 12.2. The van der Waals surface area contributed by atoms with Gasteiger partial charge in [0, 0.05) is 34.0 Å². The molecule has 3 unspecified atom stereocenters. The van der Waals surface area contributed by atoms with Crippen LogP contribution in [0.4, 0.5) is 0 Å². The van der Waals surface area contributed by atoms with Crippen molar-refractivity contribution in [1.29, 1.82) is 0 Å². The number of rotatable bonds is 11. The lowest BCUT2D eigenvalue weighted by Gasteiger charge is -2.37. The first-order valence-corrected chi connectivity index (χ1v) is 15.1. The van der Waals surface area contributed by atoms with Gasteiger partial charge in [0.05, 0.1) is 12.9 Å². The lowest BCUT2D eigenvalue weighted by atomic mass is 10.1. The predicted molar refractivity (Wildman–Crippen MR) is 153 cm³/mol. The Bertz CT molecular complexity index is 1360. The lowest BCUT2D eigenvalue weighted by molar-refractivity contribution is -0.0659. The maximum atomic E-state index is 12.2. The number of benzene rings is 3. The van der Waals surface area contributed by atoms with Gasteiger partial charge in [0.15, 0.2) is 0 Å². The molecule has 1 aliphatic rings. The highest BCUT2D eigenvalue weighted by molar-refractivity contribution is 7.86. The second-order valence-electron chi connectivity index (χ2n) is 8.74. The van der Waals surface area contributed by atoms with Crippen LogP contribution in [0.3, 0.4) is 0 Å². The summed E-state index contributed by atoms with van der Waals surface area (Å²) in [4.78, 5) is 3.41. The summed E-state index contributed by atoms with van der Waals surface area (Å²) in [5, 5.41) is 1.54. The van der Waals surface area contributed by atoms with Crippen molar-refractivity contribution in [1.82, 2.24) is 9.80 Å². The molecular formula is C27H26Cl4N2O4S. The molecule has 6 nitrogen and oxygen atoms in total. The molecule has 0 N–H and O–H groups in total. The van der Waals surface area contributed by atoms with Crippen LogP contribution >= 0.6 is 46.4 Å². The highest BCUT2D eigenvalue weighted by Crippen LogP contribution is 2.35. The van der Waals surface area contributed by atoms with Crippen LogP contribution in [0.15, 0.2) is 85.2 Å². The van der Waals surface area contributed by atoms with Crippen molar-refractivity contribution < 1.29 is 17.3 Å². The number of hydrogen-bond donors (Lipinski definition) is 0. The van der Waals surface area contributed by atoms with Crippen LogP contribution < -0.4 is 0 Å². The first-order valence-electron chi connectivity index (χ1n) is 11.7. The van der Waals surface area contributed by atoms with E-state index in [4.69, 9.17) is 55.3 Å². The van der Waals surface area contributed by atoms with E-state index in [0.717, 1.165) is 22.9 Å². The van der Waals surface area contributed by atoms with Crippen LogP contribution in [-0.4, -0.2) is 42.9 Å². The minimum absolute atomic E-state index is 0.138. The summed E-state index contributed by atoms with van der Waals surface area (Å²) in [5.74, 6) is 0. The second-order valence-corrected chi connectivity index (χ2v) is 12.1. The normalized spacial score (nSPS) is 17.1. The molecule has 1 heterocycles. The van der Waals surface area contributed by atoms with Gasteiger partial charge in [-0.3, -0.25) is 0 Å². The molecule has 202 valence electrons. The van der Waals surface area contributed by atoms with Crippen LogP contribution in [0, 0.1) is 0 Å². The lowest BCUT2D eigenvalue weighted by Crippen LogP contribution is -2.47. The molecule has 3 aromatic rings. The summed E-state index contributed by atoms with van der Waals surface area (Å²) >= 11 is 25.5. The Morgan fingerprint density at radius 3 is 2.26 bits per heavy atom. The summed E-state index contributed by atoms with van der Waals surface area (Å²) in [7, 11) is -3.82. The fraction of sp³-hybridized carbons (Fsp3) is 0.259. The zero-order valence-electron chi connectivity index (χ0n) is 20.4. The summed E-state index contributed by atoms with van der Waals surface area (Å²) in [5.41, 5.74) is 1.73. The average Bonchev–Trinajstić information content (AvgIpc) is 3.26. The zero-order chi connectivity index (χ0) is 27.3. The van der Waals surface area contributed by atoms with Gasteiger partial charge in [-0.2, -0.15) is 8.42 Å². The third-order valence-corrected chi connectivity index (χ3v) is 7.71. The third kappa shape index (κ3) is 7.79. The molecule has 0 aromatic heterocycles. The Morgan fingerprint density at radius 2 is 1.61 bits per heavy atom. The minimum Gasteiger partial charge on any atom is -0.365 e. The largest absolute Gasteiger partial charge is 0.365 e. The van der Waals surface area contributed by atoms with Crippen LogP contribution in [-0.2, 0) is 32.1 Å². The van der Waals surface area contributed by atoms with Gasteiger partial charge in [-0.15, -0.1) is 0 Å². The summed E-state index contributed by atoms with van der Waals surface area (Å²) in [6, 6.07) is 22.1. The molecule has 0 aliphatic carbocycles. The van der Waals surface area contributed by atoms with Crippen LogP contribution in [0.25, 0.3) is 0 Å². The van der Waals surface area contributed by atoms with Gasteiger partial charge in [0.2, 0.25) is 6.35 Å². The smallest absolute Gasteiger partial charge is 0.267 e. The summed E-state index contributed by atoms with van der Waals surface area (Å²) in [6.45, 7) is 0.646. The summed E-state index contributed by atoms with van der Waals surface area (Å²) < 4.78 is 36.2. The average molecular weight is 616 g/mol. The van der Waals surface area contributed by atoms with Gasteiger partial charge >= 0.3 is 0 Å².